The van der Waals surface area contributed by atoms with Gasteiger partial charge in [-0.3, -0.25) is 0 Å². The summed E-state index contributed by atoms with van der Waals surface area (Å²) in [4.78, 5) is 4.63. The highest BCUT2D eigenvalue weighted by molar-refractivity contribution is 6.11. The Hall–Kier alpha value is -2.61. The van der Waals surface area contributed by atoms with E-state index in [9.17, 15) is 5.11 Å². The van der Waals surface area contributed by atoms with Crippen LogP contribution in [0.5, 0.6) is 5.75 Å². The van der Waals surface area contributed by atoms with Crippen LogP contribution in [0.25, 0.3) is 32.6 Å². The summed E-state index contributed by atoms with van der Waals surface area (Å²) in [5.74, 6) is 0.283. The van der Waals surface area contributed by atoms with Crippen LogP contribution in [0.2, 0.25) is 0 Å². The molecule has 1 N–H and O–H groups in total. The highest BCUT2D eigenvalue weighted by atomic mass is 16.3. The number of aromatic hydroxyl groups is 1. The minimum absolute atomic E-state index is 0.283. The van der Waals surface area contributed by atoms with Crippen molar-refractivity contribution in [2.24, 2.45) is 0 Å². The van der Waals surface area contributed by atoms with Gasteiger partial charge in [0.15, 0.2) is 0 Å². The van der Waals surface area contributed by atoms with Crippen LogP contribution in [0.3, 0.4) is 0 Å². The lowest BCUT2D eigenvalue weighted by Crippen LogP contribution is -1.84. The second-order valence-electron chi connectivity index (χ2n) is 4.69. The fourth-order valence-corrected chi connectivity index (χ4v) is 2.61. The Bertz CT molecular complexity index is 928. The van der Waals surface area contributed by atoms with Gasteiger partial charge < -0.3 is 5.11 Å². The summed E-state index contributed by atoms with van der Waals surface area (Å²) in [6.07, 6.45) is 0. The highest BCUT2D eigenvalue weighted by Crippen LogP contribution is 2.33. The van der Waals surface area contributed by atoms with Gasteiger partial charge in [-0.15, -0.1) is 0 Å². The maximum Gasteiger partial charge on any atom is 0.125 e. The molecule has 90 valence electrons. The fourth-order valence-electron chi connectivity index (χ4n) is 2.61. The lowest BCUT2D eigenvalue weighted by atomic mass is 10.0. The Morgan fingerprint density at radius 3 is 2.32 bits per heavy atom. The molecule has 0 atom stereocenters. The molecule has 0 aliphatic carbocycles. The largest absolute Gasteiger partial charge is 0.507 e. The third-order valence-corrected chi connectivity index (χ3v) is 3.52. The quantitative estimate of drug-likeness (QED) is 0.371. The van der Waals surface area contributed by atoms with E-state index in [1.165, 1.54) is 0 Å². The summed E-state index contributed by atoms with van der Waals surface area (Å²) in [6.45, 7) is 0. The zero-order chi connectivity index (χ0) is 12.8. The number of aromatic nitrogens is 1. The third kappa shape index (κ3) is 1.47. The van der Waals surface area contributed by atoms with E-state index in [0.29, 0.717) is 0 Å². The Kier molecular flexibility index (Phi) is 2.00. The average Bonchev–Trinajstić information content (AvgIpc) is 2.46. The molecular weight excluding hydrogens is 234 g/mol. The summed E-state index contributed by atoms with van der Waals surface area (Å²) >= 11 is 0. The van der Waals surface area contributed by atoms with E-state index in [0.717, 1.165) is 32.6 Å². The normalized spacial score (nSPS) is 11.4. The number of rotatable bonds is 0. The summed E-state index contributed by atoms with van der Waals surface area (Å²) in [5, 5.41) is 14.2. The van der Waals surface area contributed by atoms with Crippen LogP contribution in [0, 0.1) is 0 Å². The Morgan fingerprint density at radius 1 is 0.684 bits per heavy atom. The molecule has 4 aromatic rings. The number of hydrogen-bond acceptors (Lipinski definition) is 2. The summed E-state index contributed by atoms with van der Waals surface area (Å²) in [7, 11) is 0. The summed E-state index contributed by atoms with van der Waals surface area (Å²) in [6, 6.07) is 19.8. The predicted octanol–water partition coefficient (Wildman–Crippen LogP) is 4.25. The molecule has 1 heterocycles. The first-order valence-electron chi connectivity index (χ1n) is 6.23. The van der Waals surface area contributed by atoms with Gasteiger partial charge in [-0.25, -0.2) is 4.98 Å². The van der Waals surface area contributed by atoms with E-state index >= 15 is 0 Å². The van der Waals surface area contributed by atoms with Crippen LogP contribution >= 0.6 is 0 Å². The lowest BCUT2D eigenvalue weighted by Gasteiger charge is -2.07. The minimum Gasteiger partial charge on any atom is -0.507 e. The van der Waals surface area contributed by atoms with Gasteiger partial charge in [-0.05, 0) is 17.5 Å². The van der Waals surface area contributed by atoms with Crippen LogP contribution in [0.4, 0.5) is 0 Å². The zero-order valence-corrected chi connectivity index (χ0v) is 10.2. The van der Waals surface area contributed by atoms with E-state index in [2.05, 4.69) is 17.1 Å². The molecule has 1 aromatic heterocycles. The molecule has 0 amide bonds. The molecule has 0 aliphatic rings. The van der Waals surface area contributed by atoms with E-state index in [1.807, 2.05) is 42.5 Å². The summed E-state index contributed by atoms with van der Waals surface area (Å²) in [5.41, 5.74) is 1.78. The Labute approximate surface area is 109 Å². The first-order valence-corrected chi connectivity index (χ1v) is 6.23. The van der Waals surface area contributed by atoms with E-state index in [1.54, 1.807) is 6.07 Å². The number of nitrogens with zero attached hydrogens (tertiary/aromatic N) is 1. The topological polar surface area (TPSA) is 33.1 Å². The molecule has 2 heteroatoms. The maximum absolute atomic E-state index is 10.1. The first-order chi connectivity index (χ1) is 9.33. The number of phenolic OH excluding ortho intramolecular Hbond substituents is 1. The average molecular weight is 245 g/mol. The molecule has 0 saturated carbocycles. The lowest BCUT2D eigenvalue weighted by molar-refractivity contribution is 0.482. The van der Waals surface area contributed by atoms with E-state index in [4.69, 9.17) is 0 Å². The second-order valence-corrected chi connectivity index (χ2v) is 4.69. The standard InChI is InChI=1S/C17H11NO/c19-17-10-16-14(12-6-2-3-7-13(12)17)9-11-5-1-4-8-15(11)18-16/h1-10,19H. The molecule has 0 fully saturated rings. The van der Waals surface area contributed by atoms with Crippen LogP contribution in [0.1, 0.15) is 0 Å². The van der Waals surface area contributed by atoms with Gasteiger partial charge in [-0.1, -0.05) is 42.5 Å². The molecule has 0 radical (unpaired) electrons. The number of pyridine rings is 1. The molecule has 19 heavy (non-hydrogen) atoms. The molecule has 0 saturated heterocycles. The first kappa shape index (κ1) is 10.3. The maximum atomic E-state index is 10.1. The van der Waals surface area contributed by atoms with Crippen LogP contribution in [0.15, 0.2) is 60.7 Å². The smallest absolute Gasteiger partial charge is 0.125 e. The molecule has 2 nitrogen and oxygen atoms in total. The zero-order valence-electron chi connectivity index (χ0n) is 10.2. The molecule has 0 aliphatic heterocycles. The van der Waals surface area contributed by atoms with Crippen molar-refractivity contribution in [3.8, 4) is 5.75 Å². The summed E-state index contributed by atoms with van der Waals surface area (Å²) < 4.78 is 0. The minimum atomic E-state index is 0.283. The third-order valence-electron chi connectivity index (χ3n) is 3.52. The molecule has 0 unspecified atom stereocenters. The SMILES string of the molecule is Oc1cc2nc3ccccc3cc2c2ccccc12. The molecule has 0 bridgehead atoms. The number of para-hydroxylation sites is 1. The fraction of sp³-hybridized carbons (Fsp3) is 0. The number of benzene rings is 3. The van der Waals surface area contributed by atoms with Crippen LogP contribution in [-0.4, -0.2) is 10.1 Å². The van der Waals surface area contributed by atoms with Gasteiger partial charge in [0.05, 0.1) is 11.0 Å². The molecule has 4 rings (SSSR count). The molecule has 3 aromatic carbocycles. The number of fused-ring (bicyclic) bond motifs is 4. The number of phenols is 1. The van der Waals surface area contributed by atoms with Crippen molar-refractivity contribution in [3.63, 3.8) is 0 Å². The van der Waals surface area contributed by atoms with Gasteiger partial charge in [-0.2, -0.15) is 0 Å². The van der Waals surface area contributed by atoms with Gasteiger partial charge in [0, 0.05) is 22.2 Å². The van der Waals surface area contributed by atoms with Crippen molar-refractivity contribution in [2.45, 2.75) is 0 Å². The van der Waals surface area contributed by atoms with Crippen molar-refractivity contribution in [1.29, 1.82) is 0 Å². The van der Waals surface area contributed by atoms with Gasteiger partial charge in [0.2, 0.25) is 0 Å². The predicted molar refractivity (Wildman–Crippen MR) is 78.4 cm³/mol. The van der Waals surface area contributed by atoms with Crippen molar-refractivity contribution in [3.05, 3.63) is 60.7 Å². The van der Waals surface area contributed by atoms with Gasteiger partial charge in [0.25, 0.3) is 0 Å². The van der Waals surface area contributed by atoms with Crippen molar-refractivity contribution < 1.29 is 5.11 Å². The van der Waals surface area contributed by atoms with E-state index < -0.39 is 0 Å². The van der Waals surface area contributed by atoms with Crippen LogP contribution in [-0.2, 0) is 0 Å². The van der Waals surface area contributed by atoms with Crippen molar-refractivity contribution in [2.75, 3.05) is 0 Å². The van der Waals surface area contributed by atoms with Crippen LogP contribution < -0.4 is 0 Å². The van der Waals surface area contributed by atoms with Crippen molar-refractivity contribution >= 4 is 32.6 Å². The Morgan fingerprint density at radius 2 is 1.42 bits per heavy atom. The van der Waals surface area contributed by atoms with E-state index in [-0.39, 0.29) is 5.75 Å². The molecular formula is C17H11NO. The number of hydrogen-bond donors (Lipinski definition) is 1. The highest BCUT2D eigenvalue weighted by Gasteiger charge is 2.07. The Balaban J connectivity index is 2.29. The molecule has 0 spiro atoms. The monoisotopic (exact) mass is 245 g/mol. The van der Waals surface area contributed by atoms with Crippen molar-refractivity contribution in [1.82, 2.24) is 4.98 Å². The van der Waals surface area contributed by atoms with Gasteiger partial charge >= 0.3 is 0 Å². The second kappa shape index (κ2) is 3.69. The van der Waals surface area contributed by atoms with Gasteiger partial charge in [0.1, 0.15) is 5.75 Å².